The Kier molecular flexibility index (Phi) is 8.70. The van der Waals surface area contributed by atoms with Crippen LogP contribution in [0.1, 0.15) is 138 Å². The summed E-state index contributed by atoms with van der Waals surface area (Å²) < 4.78 is 0. The molecule has 0 bridgehead atoms. The lowest BCUT2D eigenvalue weighted by molar-refractivity contribution is -0.156. The van der Waals surface area contributed by atoms with Gasteiger partial charge in [0, 0.05) is 43.6 Å². The molecule has 1 aromatic carbocycles. The average Bonchev–Trinajstić information content (AvgIpc) is 2.85. The van der Waals surface area contributed by atoms with Gasteiger partial charge >= 0.3 is 0 Å². The summed E-state index contributed by atoms with van der Waals surface area (Å²) in [6, 6.07) is 4.34. The zero-order valence-corrected chi connectivity index (χ0v) is 28.5. The number of phenols is 1. The third-order valence-electron chi connectivity index (χ3n) is 10.3. The van der Waals surface area contributed by atoms with Crippen molar-refractivity contribution in [2.45, 2.75) is 154 Å². The molecule has 2 amide bonds. The molecule has 2 aliphatic heterocycles. The summed E-state index contributed by atoms with van der Waals surface area (Å²) in [7, 11) is 0. The first-order valence-corrected chi connectivity index (χ1v) is 16.5. The van der Waals surface area contributed by atoms with Crippen LogP contribution in [0.5, 0.6) is 5.75 Å². The Morgan fingerprint density at radius 1 is 0.905 bits per heavy atom. The van der Waals surface area contributed by atoms with Gasteiger partial charge in [-0.2, -0.15) is 0 Å². The molecule has 1 aromatic rings. The van der Waals surface area contributed by atoms with Gasteiger partial charge in [-0.05, 0) is 73.0 Å². The molecule has 1 spiro atoms. The first kappa shape index (κ1) is 32.8. The molecule has 42 heavy (non-hydrogen) atoms. The Bertz CT molecular complexity index is 1150. The molecule has 2 unspecified atom stereocenters. The maximum Gasteiger partial charge on any atom is 0.243 e. The lowest BCUT2D eigenvalue weighted by atomic mass is 9.62. The standard InChI is InChI=1S/C36H59N3O3/c1-24(2)30(39-22-34(10,11)37-36(31(39)42)17-13-12-14-18-36)35(16-15-19-38(23-35)25(3)40)26-20-27(32(4,5)6)29(41)28(21-26)33(7,8)9/h20-21,24,30,37,41H,12-19,22-23H2,1-11H3. The van der Waals surface area contributed by atoms with Crippen LogP contribution in [0.25, 0.3) is 0 Å². The van der Waals surface area contributed by atoms with Crippen LogP contribution in [0.3, 0.4) is 0 Å². The number of likely N-dealkylation sites (tertiary alicyclic amines) is 1. The number of nitrogens with one attached hydrogen (secondary N) is 1. The van der Waals surface area contributed by atoms with Gasteiger partial charge in [-0.1, -0.05) is 86.8 Å². The number of amides is 2. The fourth-order valence-corrected chi connectivity index (χ4v) is 8.59. The number of nitrogens with zero attached hydrogens (tertiary/aromatic N) is 2. The van der Waals surface area contributed by atoms with Gasteiger partial charge in [0.15, 0.2) is 0 Å². The summed E-state index contributed by atoms with van der Waals surface area (Å²) in [5.41, 5.74) is 1.25. The number of hydrogen-bond acceptors (Lipinski definition) is 4. The van der Waals surface area contributed by atoms with Crippen LogP contribution >= 0.6 is 0 Å². The Morgan fingerprint density at radius 2 is 1.45 bits per heavy atom. The van der Waals surface area contributed by atoms with E-state index in [2.05, 4.69) is 91.6 Å². The van der Waals surface area contributed by atoms with Crippen molar-refractivity contribution in [3.63, 3.8) is 0 Å². The highest BCUT2D eigenvalue weighted by Gasteiger charge is 2.57. The second kappa shape index (κ2) is 11.1. The number of phenolic OH excluding ortho intramolecular Hbond substituents is 1. The summed E-state index contributed by atoms with van der Waals surface area (Å²) >= 11 is 0. The molecule has 6 nitrogen and oxygen atoms in total. The second-order valence-corrected chi connectivity index (χ2v) is 16.9. The number of piperazine rings is 1. The molecule has 4 rings (SSSR count). The number of carbonyl (C=O) groups is 2. The van der Waals surface area contributed by atoms with Crippen molar-refractivity contribution < 1.29 is 14.7 Å². The minimum absolute atomic E-state index is 0.0863. The Labute approximate surface area is 256 Å². The molecule has 2 N–H and O–H groups in total. The van der Waals surface area contributed by atoms with E-state index in [0.717, 1.165) is 61.8 Å². The lowest BCUT2D eigenvalue weighted by Crippen LogP contribution is -2.76. The number of hydrogen-bond donors (Lipinski definition) is 2. The molecular weight excluding hydrogens is 522 g/mol. The van der Waals surface area contributed by atoms with Gasteiger partial charge in [-0.25, -0.2) is 0 Å². The van der Waals surface area contributed by atoms with Crippen molar-refractivity contribution in [2.24, 2.45) is 5.92 Å². The Balaban J connectivity index is 2.01. The van der Waals surface area contributed by atoms with Crippen molar-refractivity contribution in [3.8, 4) is 5.75 Å². The summed E-state index contributed by atoms with van der Waals surface area (Å²) in [6.45, 7) is 25.6. The number of benzene rings is 1. The molecule has 3 fully saturated rings. The number of carbonyl (C=O) groups excluding carboxylic acids is 2. The summed E-state index contributed by atoms with van der Waals surface area (Å²) in [5.74, 6) is 0.865. The van der Waals surface area contributed by atoms with Gasteiger partial charge in [0.2, 0.25) is 11.8 Å². The SMILES string of the molecule is CC(=O)N1CCCC(c2cc(C(C)(C)C)c(O)c(C(C)(C)C)c2)(C(C(C)C)N2CC(C)(C)NC3(CCCCC3)C2=O)C1. The van der Waals surface area contributed by atoms with Gasteiger partial charge < -0.3 is 14.9 Å². The molecule has 2 atom stereocenters. The number of aromatic hydroxyl groups is 1. The molecule has 236 valence electrons. The van der Waals surface area contributed by atoms with Crippen molar-refractivity contribution in [2.75, 3.05) is 19.6 Å². The van der Waals surface area contributed by atoms with Gasteiger partial charge in [-0.3, -0.25) is 14.9 Å². The lowest BCUT2D eigenvalue weighted by Gasteiger charge is -2.59. The maximum atomic E-state index is 14.8. The molecule has 0 aromatic heterocycles. The van der Waals surface area contributed by atoms with E-state index in [1.807, 2.05) is 4.90 Å². The van der Waals surface area contributed by atoms with Gasteiger partial charge in [0.1, 0.15) is 5.75 Å². The highest BCUT2D eigenvalue weighted by molar-refractivity contribution is 5.88. The number of rotatable bonds is 4. The van der Waals surface area contributed by atoms with E-state index in [4.69, 9.17) is 0 Å². The first-order chi connectivity index (χ1) is 19.2. The minimum atomic E-state index is -0.522. The zero-order chi connectivity index (χ0) is 31.5. The third kappa shape index (κ3) is 5.99. The van der Waals surface area contributed by atoms with Crippen LogP contribution in [-0.4, -0.2) is 63.5 Å². The summed E-state index contributed by atoms with van der Waals surface area (Å²) in [6.07, 6.45) is 6.85. The zero-order valence-electron chi connectivity index (χ0n) is 28.5. The quantitative estimate of drug-likeness (QED) is 0.410. The van der Waals surface area contributed by atoms with Crippen LogP contribution in [0.2, 0.25) is 0 Å². The monoisotopic (exact) mass is 581 g/mol. The van der Waals surface area contributed by atoms with E-state index in [1.54, 1.807) is 6.92 Å². The molecule has 1 aliphatic carbocycles. The Morgan fingerprint density at radius 3 is 1.93 bits per heavy atom. The first-order valence-electron chi connectivity index (χ1n) is 16.5. The third-order valence-corrected chi connectivity index (χ3v) is 10.3. The van der Waals surface area contributed by atoms with E-state index < -0.39 is 11.0 Å². The van der Waals surface area contributed by atoms with E-state index in [-0.39, 0.29) is 40.1 Å². The highest BCUT2D eigenvalue weighted by Crippen LogP contribution is 2.49. The predicted octanol–water partition coefficient (Wildman–Crippen LogP) is 6.81. The molecular formula is C36H59N3O3. The van der Waals surface area contributed by atoms with E-state index >= 15 is 0 Å². The van der Waals surface area contributed by atoms with Crippen LogP contribution in [0.15, 0.2) is 12.1 Å². The van der Waals surface area contributed by atoms with E-state index in [1.165, 1.54) is 6.42 Å². The summed E-state index contributed by atoms with van der Waals surface area (Å²) in [4.78, 5) is 32.1. The molecule has 0 radical (unpaired) electrons. The summed E-state index contributed by atoms with van der Waals surface area (Å²) in [5, 5.41) is 15.5. The van der Waals surface area contributed by atoms with Crippen LogP contribution in [0.4, 0.5) is 0 Å². The molecule has 1 saturated carbocycles. The maximum absolute atomic E-state index is 14.8. The van der Waals surface area contributed by atoms with Crippen molar-refractivity contribution >= 4 is 11.8 Å². The van der Waals surface area contributed by atoms with E-state index in [0.29, 0.717) is 18.8 Å². The molecule has 3 aliphatic rings. The number of piperidine rings is 1. The smallest absolute Gasteiger partial charge is 0.243 e. The van der Waals surface area contributed by atoms with Crippen LogP contribution in [-0.2, 0) is 25.8 Å². The molecule has 2 heterocycles. The van der Waals surface area contributed by atoms with Gasteiger partial charge in [0.05, 0.1) is 5.54 Å². The van der Waals surface area contributed by atoms with Gasteiger partial charge in [-0.15, -0.1) is 0 Å². The Hall–Kier alpha value is -2.08. The van der Waals surface area contributed by atoms with Crippen molar-refractivity contribution in [1.29, 1.82) is 0 Å². The van der Waals surface area contributed by atoms with Crippen LogP contribution in [0, 0.1) is 5.92 Å². The predicted molar refractivity (Wildman–Crippen MR) is 172 cm³/mol. The fraction of sp³-hybridized carbons (Fsp3) is 0.778. The fourth-order valence-electron chi connectivity index (χ4n) is 8.59. The molecule has 2 saturated heterocycles. The van der Waals surface area contributed by atoms with Crippen LogP contribution < -0.4 is 5.32 Å². The second-order valence-electron chi connectivity index (χ2n) is 16.9. The normalized spacial score (nSPS) is 25.7. The minimum Gasteiger partial charge on any atom is -0.507 e. The largest absolute Gasteiger partial charge is 0.507 e. The van der Waals surface area contributed by atoms with Crippen molar-refractivity contribution in [3.05, 3.63) is 28.8 Å². The highest BCUT2D eigenvalue weighted by atomic mass is 16.3. The topological polar surface area (TPSA) is 72.9 Å². The van der Waals surface area contributed by atoms with Crippen molar-refractivity contribution in [1.82, 2.24) is 15.1 Å². The van der Waals surface area contributed by atoms with E-state index in [9.17, 15) is 14.7 Å². The molecule has 6 heteroatoms. The van der Waals surface area contributed by atoms with Gasteiger partial charge in [0.25, 0.3) is 0 Å². The average molecular weight is 582 g/mol.